The minimum absolute atomic E-state index is 0.556. The van der Waals surface area contributed by atoms with Crippen LogP contribution in [0.5, 0.6) is 0 Å². The van der Waals surface area contributed by atoms with Crippen molar-refractivity contribution < 1.29 is 8.49 Å². The molecule has 4 nitrogen and oxygen atoms in total. The number of rotatable bonds is 4. The molecule has 0 N–H and O–H groups in total. The summed E-state index contributed by atoms with van der Waals surface area (Å²) in [7, 11) is 0. The van der Waals surface area contributed by atoms with Gasteiger partial charge >= 0.3 is 0 Å². The molecule has 0 aliphatic carbocycles. The van der Waals surface area contributed by atoms with Gasteiger partial charge in [0.15, 0.2) is 0 Å². The largest absolute Gasteiger partial charge is 0.286 e. The first-order chi connectivity index (χ1) is 14.5. The highest BCUT2D eigenvalue weighted by molar-refractivity contribution is 8.18. The van der Waals surface area contributed by atoms with Gasteiger partial charge in [-0.15, -0.1) is 0 Å². The maximum Gasteiger partial charge on any atom is 0.265 e. The van der Waals surface area contributed by atoms with Crippen molar-refractivity contribution in [2.45, 2.75) is 32.6 Å². The van der Waals surface area contributed by atoms with Gasteiger partial charge in [0, 0.05) is 4.91 Å². The number of oxime groups is 1. The number of aryl methyl sites for hydroxylation is 2. The molecular weight excluding hydrogens is 412 g/mol. The Bertz CT molecular complexity index is 1060. The first-order valence-electron chi connectivity index (χ1n) is 9.37. The van der Waals surface area contributed by atoms with E-state index in [0.717, 1.165) is 21.6 Å². The van der Waals surface area contributed by atoms with Crippen LogP contribution >= 0.6 is 11.8 Å². The third-order valence-electron chi connectivity index (χ3n) is 4.11. The topological polar surface area (TPSA) is 62.4 Å². The van der Waals surface area contributed by atoms with Crippen LogP contribution in [0, 0.1) is 25.2 Å². The highest BCUT2D eigenvalue weighted by Crippen LogP contribution is 2.34. The minimum Gasteiger partial charge on any atom is -0.286 e. The summed E-state index contributed by atoms with van der Waals surface area (Å²) in [4.78, 5) is 1.35. The first-order valence-corrected chi connectivity index (χ1v) is 11.3. The summed E-state index contributed by atoms with van der Waals surface area (Å²) >= 11 is -0.344. The second kappa shape index (κ2) is 12.0. The number of hydrogen-bond donors (Lipinski definition) is 0. The van der Waals surface area contributed by atoms with Crippen LogP contribution in [-0.4, -0.2) is 9.25 Å². The Balaban J connectivity index is 0.000000735. The maximum absolute atomic E-state index is 12.1. The van der Waals surface area contributed by atoms with E-state index in [0.29, 0.717) is 15.5 Å². The SMILES string of the molecule is C/C=C\C.Cc1ccc(S(=O)O/N=C2C=C/C(=C(\C#N)c3ccccc3C)S\2)cc1. The van der Waals surface area contributed by atoms with E-state index >= 15 is 0 Å². The van der Waals surface area contributed by atoms with Crippen LogP contribution in [-0.2, 0) is 15.4 Å². The van der Waals surface area contributed by atoms with Crippen molar-refractivity contribution in [2.75, 3.05) is 0 Å². The van der Waals surface area contributed by atoms with Crippen LogP contribution in [0.15, 0.2) is 87.8 Å². The monoisotopic (exact) mass is 436 g/mol. The molecule has 6 heteroatoms. The molecule has 2 aromatic rings. The number of nitriles is 1. The van der Waals surface area contributed by atoms with Crippen LogP contribution in [0.4, 0.5) is 0 Å². The summed E-state index contributed by atoms with van der Waals surface area (Å²) in [5.74, 6) is 0. The summed E-state index contributed by atoms with van der Waals surface area (Å²) in [5, 5.41) is 14.1. The lowest BCUT2D eigenvalue weighted by Crippen LogP contribution is -1.95. The summed E-state index contributed by atoms with van der Waals surface area (Å²) in [6, 6.07) is 17.3. The molecule has 154 valence electrons. The minimum atomic E-state index is -1.67. The van der Waals surface area contributed by atoms with Crippen molar-refractivity contribution in [2.24, 2.45) is 5.16 Å². The molecule has 1 aliphatic rings. The Kier molecular flexibility index (Phi) is 9.33. The van der Waals surface area contributed by atoms with Crippen molar-refractivity contribution in [3.05, 3.63) is 94.4 Å². The molecular formula is C24H24N2O2S2. The molecule has 0 spiro atoms. The molecule has 0 bridgehead atoms. The third kappa shape index (κ3) is 6.58. The standard InChI is InChI=1S/C20H16N2O2S2.C4H8/c1-14-7-9-16(10-8-14)26(23)24-22-20-12-11-19(25-20)18(13-21)17-6-4-3-5-15(17)2;1-3-4-2/h3-12H,1-2H3;3-4H,1-2H3/b19-18-,22-20+;4-3-. The van der Waals surface area contributed by atoms with Crippen LogP contribution in [0.25, 0.3) is 5.57 Å². The van der Waals surface area contributed by atoms with E-state index in [1.807, 2.05) is 82.3 Å². The van der Waals surface area contributed by atoms with E-state index in [4.69, 9.17) is 4.28 Å². The highest BCUT2D eigenvalue weighted by Gasteiger charge is 2.17. The Morgan fingerprint density at radius 2 is 1.73 bits per heavy atom. The highest BCUT2D eigenvalue weighted by atomic mass is 32.2. The van der Waals surface area contributed by atoms with Crippen LogP contribution < -0.4 is 0 Å². The molecule has 1 aliphatic heterocycles. The van der Waals surface area contributed by atoms with Gasteiger partial charge in [-0.2, -0.15) is 5.26 Å². The van der Waals surface area contributed by atoms with Gasteiger partial charge < -0.3 is 0 Å². The molecule has 1 unspecified atom stereocenters. The van der Waals surface area contributed by atoms with Gasteiger partial charge in [-0.3, -0.25) is 4.28 Å². The number of benzene rings is 2. The van der Waals surface area contributed by atoms with E-state index in [2.05, 4.69) is 11.2 Å². The molecule has 3 rings (SSSR count). The van der Waals surface area contributed by atoms with Gasteiger partial charge in [-0.25, -0.2) is 4.21 Å². The van der Waals surface area contributed by atoms with Gasteiger partial charge in [0.2, 0.25) is 0 Å². The van der Waals surface area contributed by atoms with E-state index < -0.39 is 11.1 Å². The van der Waals surface area contributed by atoms with Crippen molar-refractivity contribution >= 4 is 33.5 Å². The predicted molar refractivity (Wildman–Crippen MR) is 127 cm³/mol. The zero-order valence-corrected chi connectivity index (χ0v) is 19.1. The lowest BCUT2D eigenvalue weighted by molar-refractivity contribution is 0.376. The van der Waals surface area contributed by atoms with Gasteiger partial charge in [0.25, 0.3) is 11.1 Å². The molecule has 0 aromatic heterocycles. The molecule has 1 atom stereocenters. The molecule has 1 heterocycles. The molecule has 0 amide bonds. The Hall–Kier alpha value is -2.88. The summed E-state index contributed by atoms with van der Waals surface area (Å²) in [6.45, 7) is 7.93. The lowest BCUT2D eigenvalue weighted by atomic mass is 10.0. The van der Waals surface area contributed by atoms with E-state index in [-0.39, 0.29) is 0 Å². The van der Waals surface area contributed by atoms with E-state index in [9.17, 15) is 9.47 Å². The maximum atomic E-state index is 12.1. The van der Waals surface area contributed by atoms with Gasteiger partial charge in [0.1, 0.15) is 11.1 Å². The van der Waals surface area contributed by atoms with E-state index in [1.54, 1.807) is 18.2 Å². The zero-order chi connectivity index (χ0) is 21.9. The van der Waals surface area contributed by atoms with Crippen molar-refractivity contribution in [3.8, 4) is 6.07 Å². The third-order valence-corrected chi connectivity index (χ3v) is 5.95. The number of thioether (sulfide) groups is 1. The molecule has 0 radical (unpaired) electrons. The summed E-state index contributed by atoms with van der Waals surface area (Å²) in [6.07, 6.45) is 7.58. The van der Waals surface area contributed by atoms with Crippen molar-refractivity contribution in [1.82, 2.24) is 0 Å². The van der Waals surface area contributed by atoms with Crippen LogP contribution in [0.3, 0.4) is 0 Å². The summed E-state index contributed by atoms with van der Waals surface area (Å²) < 4.78 is 17.3. The fraction of sp³-hybridized carbons (Fsp3) is 0.167. The van der Waals surface area contributed by atoms with Crippen molar-refractivity contribution in [3.63, 3.8) is 0 Å². The quantitative estimate of drug-likeness (QED) is 0.313. The molecule has 30 heavy (non-hydrogen) atoms. The van der Waals surface area contributed by atoms with Gasteiger partial charge in [-0.1, -0.05) is 71.0 Å². The van der Waals surface area contributed by atoms with E-state index in [1.165, 1.54) is 11.8 Å². The first kappa shape index (κ1) is 23.4. The molecule has 2 aromatic carbocycles. The molecule has 0 fully saturated rings. The Labute approximate surface area is 185 Å². The van der Waals surface area contributed by atoms with Crippen molar-refractivity contribution in [1.29, 1.82) is 5.26 Å². The Morgan fingerprint density at radius 1 is 1.07 bits per heavy atom. The lowest BCUT2D eigenvalue weighted by Gasteiger charge is -2.05. The average Bonchev–Trinajstić information content (AvgIpc) is 3.23. The zero-order valence-electron chi connectivity index (χ0n) is 17.5. The molecule has 0 saturated heterocycles. The van der Waals surface area contributed by atoms with Gasteiger partial charge in [-0.05, 0) is 63.1 Å². The predicted octanol–water partition coefficient (Wildman–Crippen LogP) is 6.48. The number of allylic oxidation sites excluding steroid dienone is 4. The second-order valence-corrected chi connectivity index (χ2v) is 8.47. The number of hydrogen-bond acceptors (Lipinski definition) is 5. The number of nitrogens with zero attached hydrogens (tertiary/aromatic N) is 2. The smallest absolute Gasteiger partial charge is 0.265 e. The van der Waals surface area contributed by atoms with Crippen LogP contribution in [0.1, 0.15) is 30.5 Å². The average molecular weight is 437 g/mol. The van der Waals surface area contributed by atoms with Crippen LogP contribution in [0.2, 0.25) is 0 Å². The summed E-state index contributed by atoms with van der Waals surface area (Å²) in [5.41, 5.74) is 3.61. The normalized spacial score (nSPS) is 16.7. The van der Waals surface area contributed by atoms with Gasteiger partial charge in [0.05, 0.1) is 10.5 Å². The fourth-order valence-electron chi connectivity index (χ4n) is 2.38. The Morgan fingerprint density at radius 3 is 2.33 bits per heavy atom. The second-order valence-electron chi connectivity index (χ2n) is 6.32. The molecule has 0 saturated carbocycles. The fourth-order valence-corrected chi connectivity index (χ4v) is 3.84.